The molecule has 0 fully saturated rings. The van der Waals surface area contributed by atoms with E-state index in [1.165, 1.54) is 13.3 Å². The van der Waals surface area contributed by atoms with Crippen molar-refractivity contribution in [1.29, 1.82) is 0 Å². The Labute approximate surface area is 221 Å². The summed E-state index contributed by atoms with van der Waals surface area (Å²) in [6.45, 7) is 0.0732. The average Bonchev–Trinajstić information content (AvgIpc) is 3.32. The van der Waals surface area contributed by atoms with Crippen molar-refractivity contribution >= 4 is 45.0 Å². The number of benzene rings is 3. The minimum Gasteiger partial charge on any atom is -0.503 e. The van der Waals surface area contributed by atoms with E-state index >= 15 is 0 Å². The van der Waals surface area contributed by atoms with Gasteiger partial charge in [-0.25, -0.2) is 10.2 Å². The molecule has 0 bridgehead atoms. The normalized spacial score (nSPS) is 11.8. The first-order chi connectivity index (χ1) is 17.9. The number of fused-ring (bicyclic) bond motifs is 1. The van der Waals surface area contributed by atoms with Gasteiger partial charge < -0.3 is 24.9 Å². The number of rotatable bonds is 9. The molecule has 0 saturated heterocycles. The van der Waals surface area contributed by atoms with Crippen LogP contribution in [0.2, 0.25) is 0 Å². The third-order valence-corrected chi connectivity index (χ3v) is 6.18. The molecule has 4 aromatic rings. The molecule has 3 aromatic carbocycles. The fraction of sp³-hybridized carbons (Fsp3) is 0.148. The fourth-order valence-corrected chi connectivity index (χ4v) is 4.17. The summed E-state index contributed by atoms with van der Waals surface area (Å²) in [7, 11) is 1.43. The number of hydrogen-bond donors (Lipinski definition) is 4. The molecule has 0 unspecified atom stereocenters. The van der Waals surface area contributed by atoms with E-state index in [0.717, 1.165) is 22.0 Å². The Morgan fingerprint density at radius 2 is 1.89 bits per heavy atom. The number of hydrogen-bond acceptors (Lipinski definition) is 6. The number of halogens is 1. The number of amides is 2. The second-order valence-corrected chi connectivity index (χ2v) is 8.96. The summed E-state index contributed by atoms with van der Waals surface area (Å²) in [6, 6.07) is 19.2. The fourth-order valence-electron chi connectivity index (χ4n) is 3.71. The van der Waals surface area contributed by atoms with E-state index in [1.807, 2.05) is 60.8 Å². The van der Waals surface area contributed by atoms with Gasteiger partial charge in [0.25, 0.3) is 5.91 Å². The minimum atomic E-state index is -0.958. The molecular weight excluding hydrogens is 540 g/mol. The van der Waals surface area contributed by atoms with E-state index in [9.17, 15) is 14.7 Å². The molecule has 0 radical (unpaired) electrons. The maximum atomic E-state index is 13.1. The number of carbonyl (C=O) groups is 2. The van der Waals surface area contributed by atoms with Crippen LogP contribution in [0, 0.1) is 0 Å². The number of nitrogens with one attached hydrogen (secondary N) is 3. The Kier molecular flexibility index (Phi) is 8.42. The molecule has 1 heterocycles. The lowest BCUT2D eigenvalue weighted by molar-refractivity contribution is -0.123. The third kappa shape index (κ3) is 6.68. The molecule has 37 heavy (non-hydrogen) atoms. The number of phenolic OH excluding ortho intramolecular Hbond substituents is 1. The number of H-pyrrole nitrogens is 1. The van der Waals surface area contributed by atoms with Gasteiger partial charge in [0.2, 0.25) is 0 Å². The molecule has 0 aliphatic heterocycles. The second-order valence-electron chi connectivity index (χ2n) is 8.11. The summed E-state index contributed by atoms with van der Waals surface area (Å²) < 4.78 is 10.9. The van der Waals surface area contributed by atoms with Crippen LogP contribution in [0.1, 0.15) is 16.7 Å². The first-order valence-electron chi connectivity index (χ1n) is 11.4. The van der Waals surface area contributed by atoms with Crippen molar-refractivity contribution in [1.82, 2.24) is 15.7 Å². The van der Waals surface area contributed by atoms with Crippen LogP contribution in [0.3, 0.4) is 0 Å². The Balaban J connectivity index is 1.47. The van der Waals surface area contributed by atoms with Gasteiger partial charge in [-0.05, 0) is 50.8 Å². The monoisotopic (exact) mass is 564 g/mol. The van der Waals surface area contributed by atoms with E-state index in [0.29, 0.717) is 10.0 Å². The molecule has 10 heteroatoms. The van der Waals surface area contributed by atoms with Crippen molar-refractivity contribution in [3.63, 3.8) is 0 Å². The van der Waals surface area contributed by atoms with Gasteiger partial charge in [0.1, 0.15) is 12.6 Å². The van der Waals surface area contributed by atoms with Crippen molar-refractivity contribution in [2.45, 2.75) is 19.1 Å². The molecule has 0 aliphatic rings. The largest absolute Gasteiger partial charge is 0.503 e. The predicted octanol–water partition coefficient (Wildman–Crippen LogP) is 4.63. The number of aromatic hydroxyl groups is 1. The van der Waals surface area contributed by atoms with Crippen LogP contribution in [-0.2, 0) is 22.6 Å². The molecule has 1 aromatic heterocycles. The zero-order chi connectivity index (χ0) is 26.2. The number of alkyl carbamates (subject to hydrolysis) is 1. The van der Waals surface area contributed by atoms with Crippen LogP contribution in [0.5, 0.6) is 11.5 Å². The molecule has 0 saturated carbocycles. The number of nitrogens with zero attached hydrogens (tertiary/aromatic N) is 1. The molecule has 2 amide bonds. The maximum Gasteiger partial charge on any atom is 0.408 e. The van der Waals surface area contributed by atoms with E-state index < -0.39 is 18.0 Å². The SMILES string of the molecule is COc1cc(/C=N\NC(=O)[C@H](Cc2c[nH]c3ccccc23)NC(=O)OCc2ccccc2)cc(Br)c1O. The lowest BCUT2D eigenvalue weighted by Crippen LogP contribution is -2.47. The van der Waals surface area contributed by atoms with Gasteiger partial charge in [0.05, 0.1) is 17.8 Å². The molecular formula is C27H25BrN4O5. The summed E-state index contributed by atoms with van der Waals surface area (Å²) in [5.41, 5.74) is 5.66. The highest BCUT2D eigenvalue weighted by molar-refractivity contribution is 9.10. The number of methoxy groups -OCH3 is 1. The van der Waals surface area contributed by atoms with E-state index in [4.69, 9.17) is 9.47 Å². The lowest BCUT2D eigenvalue weighted by atomic mass is 10.0. The number of carbonyl (C=O) groups excluding carboxylic acids is 2. The number of ether oxygens (including phenoxy) is 2. The maximum absolute atomic E-state index is 13.1. The average molecular weight is 565 g/mol. The van der Waals surface area contributed by atoms with Crippen molar-refractivity contribution in [3.05, 3.63) is 94.1 Å². The Bertz CT molecular complexity index is 1420. The van der Waals surface area contributed by atoms with Crippen LogP contribution >= 0.6 is 15.9 Å². The Morgan fingerprint density at radius 3 is 2.68 bits per heavy atom. The second kappa shape index (κ2) is 12.1. The summed E-state index contributed by atoms with van der Waals surface area (Å²) in [5.74, 6) is -0.314. The number of aromatic amines is 1. The van der Waals surface area contributed by atoms with Crippen LogP contribution in [0.25, 0.3) is 10.9 Å². The van der Waals surface area contributed by atoms with Crippen LogP contribution < -0.4 is 15.5 Å². The van der Waals surface area contributed by atoms with E-state index in [1.54, 1.807) is 12.1 Å². The number of hydrazone groups is 1. The molecule has 4 rings (SSSR count). The third-order valence-electron chi connectivity index (χ3n) is 5.58. The van der Waals surface area contributed by atoms with Gasteiger partial charge in [-0.1, -0.05) is 48.5 Å². The highest BCUT2D eigenvalue weighted by atomic mass is 79.9. The predicted molar refractivity (Wildman–Crippen MR) is 144 cm³/mol. The van der Waals surface area contributed by atoms with E-state index in [2.05, 4.69) is 36.8 Å². The summed E-state index contributed by atoms with van der Waals surface area (Å²) in [6.07, 6.45) is 2.71. The number of para-hydroxylation sites is 1. The van der Waals surface area contributed by atoms with Gasteiger partial charge in [-0.3, -0.25) is 4.79 Å². The van der Waals surface area contributed by atoms with Crippen molar-refractivity contribution in [2.75, 3.05) is 7.11 Å². The minimum absolute atomic E-state index is 0.0410. The molecule has 4 N–H and O–H groups in total. The molecule has 0 spiro atoms. The molecule has 0 aliphatic carbocycles. The summed E-state index contributed by atoms with van der Waals surface area (Å²) in [5, 5.41) is 17.6. The van der Waals surface area contributed by atoms with E-state index in [-0.39, 0.29) is 24.5 Å². The number of phenols is 1. The first-order valence-corrected chi connectivity index (χ1v) is 12.2. The van der Waals surface area contributed by atoms with Gasteiger partial charge in [0.15, 0.2) is 11.5 Å². The quantitative estimate of drug-likeness (QED) is 0.174. The van der Waals surface area contributed by atoms with Gasteiger partial charge in [-0.2, -0.15) is 5.10 Å². The van der Waals surface area contributed by atoms with Gasteiger partial charge in [0, 0.05) is 23.5 Å². The Hall–Kier alpha value is -4.31. The zero-order valence-electron chi connectivity index (χ0n) is 19.9. The zero-order valence-corrected chi connectivity index (χ0v) is 21.5. The lowest BCUT2D eigenvalue weighted by Gasteiger charge is -2.17. The van der Waals surface area contributed by atoms with Crippen LogP contribution in [-0.4, -0.2) is 41.5 Å². The topological polar surface area (TPSA) is 125 Å². The first kappa shape index (κ1) is 25.8. The highest BCUT2D eigenvalue weighted by Gasteiger charge is 2.23. The van der Waals surface area contributed by atoms with Crippen molar-refractivity contribution in [2.24, 2.45) is 5.10 Å². The van der Waals surface area contributed by atoms with Crippen LogP contribution in [0.4, 0.5) is 4.79 Å². The van der Waals surface area contributed by atoms with Gasteiger partial charge in [-0.15, -0.1) is 0 Å². The molecule has 1 atom stereocenters. The number of aromatic nitrogens is 1. The van der Waals surface area contributed by atoms with Gasteiger partial charge >= 0.3 is 6.09 Å². The summed E-state index contributed by atoms with van der Waals surface area (Å²) in [4.78, 5) is 28.8. The van der Waals surface area contributed by atoms with Crippen LogP contribution in [0.15, 0.2) is 82.5 Å². The molecule has 9 nitrogen and oxygen atoms in total. The molecule has 190 valence electrons. The van der Waals surface area contributed by atoms with Crippen molar-refractivity contribution < 1.29 is 24.2 Å². The Morgan fingerprint density at radius 1 is 1.14 bits per heavy atom. The highest BCUT2D eigenvalue weighted by Crippen LogP contribution is 2.34. The van der Waals surface area contributed by atoms with Crippen molar-refractivity contribution in [3.8, 4) is 11.5 Å². The smallest absolute Gasteiger partial charge is 0.408 e. The standard InChI is InChI=1S/C27H25BrN4O5/c1-36-24-12-18(11-21(28)25(24)33)14-30-32-26(34)23(13-19-15-29-22-10-6-5-9-20(19)22)31-27(35)37-16-17-7-3-2-4-8-17/h2-12,14-15,23,29,33H,13,16H2,1H3,(H,31,35)(H,32,34)/b30-14-/t23-/m0/s1. The summed E-state index contributed by atoms with van der Waals surface area (Å²) >= 11 is 3.25.